The quantitative estimate of drug-likeness (QED) is 0.696. The number of fused-ring (bicyclic) bond motifs is 1. The molecular weight excluding hydrogens is 388 g/mol. The van der Waals surface area contributed by atoms with Crippen molar-refractivity contribution in [3.8, 4) is 5.75 Å². The van der Waals surface area contributed by atoms with E-state index in [0.29, 0.717) is 12.3 Å². The average molecular weight is 415 g/mol. The van der Waals surface area contributed by atoms with Gasteiger partial charge in [-0.2, -0.15) is 0 Å². The zero-order valence-corrected chi connectivity index (χ0v) is 17.3. The molecule has 7 heteroatoms. The highest BCUT2D eigenvalue weighted by Crippen LogP contribution is 2.29. The molecule has 0 aromatic heterocycles. The molecule has 3 rings (SSSR count). The molecule has 154 valence electrons. The number of carbonyl (C=O) groups is 2. The van der Waals surface area contributed by atoms with E-state index in [4.69, 9.17) is 4.74 Å². The minimum atomic E-state index is -1.57. The third-order valence-corrected chi connectivity index (χ3v) is 5.91. The molecule has 0 radical (unpaired) electrons. The van der Waals surface area contributed by atoms with E-state index >= 15 is 0 Å². The summed E-state index contributed by atoms with van der Waals surface area (Å²) in [4.78, 5) is 24.4. The Balaban J connectivity index is 1.46. The average Bonchev–Trinajstić information content (AvgIpc) is 2.69. The number of anilines is 1. The second-order valence-electron chi connectivity index (χ2n) is 6.95. The summed E-state index contributed by atoms with van der Waals surface area (Å²) in [6, 6.07) is 15.0. The number of ether oxygens (including phenoxy) is 1. The molecular formula is C22H26N2O4S. The molecule has 0 fully saturated rings. The van der Waals surface area contributed by atoms with Gasteiger partial charge in [0, 0.05) is 16.5 Å². The molecule has 0 bridgehead atoms. The van der Waals surface area contributed by atoms with Crippen molar-refractivity contribution in [2.45, 2.75) is 32.2 Å². The number of hydrogen-bond acceptors (Lipinski definition) is 4. The number of carbonyl (C=O) groups excluding carboxylic acids is 2. The Bertz CT molecular complexity index is 883. The molecule has 6 nitrogen and oxygen atoms in total. The first-order valence-electron chi connectivity index (χ1n) is 9.80. The van der Waals surface area contributed by atoms with Crippen LogP contribution in [0.4, 0.5) is 5.69 Å². The molecule has 1 aliphatic rings. The van der Waals surface area contributed by atoms with Crippen LogP contribution in [0.3, 0.4) is 0 Å². The predicted molar refractivity (Wildman–Crippen MR) is 114 cm³/mol. The molecule has 0 saturated carbocycles. The standard InChI is InChI=1S/C22H26N2O4S/c1-2-28-18-12-10-17(11-13-18)23-21(25)14-29(27)15-22(26)24-20-9-5-7-16-6-3-4-8-19(16)20/h3-4,6,8,10-13,20H,2,5,7,9,14-15H2,1H3,(H,23,25)(H,24,26)/t20-,29-/m0/s1. The maximum atomic E-state index is 12.3. The van der Waals surface area contributed by atoms with E-state index < -0.39 is 10.8 Å². The van der Waals surface area contributed by atoms with Gasteiger partial charge in [0.05, 0.1) is 12.6 Å². The van der Waals surface area contributed by atoms with Gasteiger partial charge in [-0.1, -0.05) is 24.3 Å². The monoisotopic (exact) mass is 414 g/mol. The summed E-state index contributed by atoms with van der Waals surface area (Å²) >= 11 is 0. The topological polar surface area (TPSA) is 84.5 Å². The summed E-state index contributed by atoms with van der Waals surface area (Å²) in [7, 11) is -1.57. The van der Waals surface area contributed by atoms with Crippen LogP contribution in [-0.4, -0.2) is 34.1 Å². The van der Waals surface area contributed by atoms with Gasteiger partial charge in [0.15, 0.2) is 0 Å². The molecule has 0 saturated heterocycles. The summed E-state index contributed by atoms with van der Waals surface area (Å²) in [5, 5.41) is 5.66. The van der Waals surface area contributed by atoms with Crippen LogP contribution in [-0.2, 0) is 26.8 Å². The number of amides is 2. The smallest absolute Gasteiger partial charge is 0.237 e. The molecule has 2 aromatic rings. The Hall–Kier alpha value is -2.67. The molecule has 2 atom stereocenters. The third-order valence-electron chi connectivity index (χ3n) is 4.74. The molecule has 2 aromatic carbocycles. The van der Waals surface area contributed by atoms with Gasteiger partial charge in [0.2, 0.25) is 11.8 Å². The Morgan fingerprint density at radius 1 is 1.07 bits per heavy atom. The fourth-order valence-corrected chi connectivity index (χ4v) is 4.32. The lowest BCUT2D eigenvalue weighted by Gasteiger charge is -2.26. The molecule has 29 heavy (non-hydrogen) atoms. The van der Waals surface area contributed by atoms with E-state index in [1.165, 1.54) is 5.56 Å². The predicted octanol–water partition coefficient (Wildman–Crippen LogP) is 2.97. The first-order valence-corrected chi connectivity index (χ1v) is 11.3. The van der Waals surface area contributed by atoms with Crippen LogP contribution >= 0.6 is 0 Å². The van der Waals surface area contributed by atoms with Crippen molar-refractivity contribution in [1.82, 2.24) is 5.32 Å². The lowest BCUT2D eigenvalue weighted by Crippen LogP contribution is -2.35. The van der Waals surface area contributed by atoms with Crippen LogP contribution in [0, 0.1) is 0 Å². The van der Waals surface area contributed by atoms with Gasteiger partial charge in [-0.15, -0.1) is 0 Å². The Labute approximate surface area is 173 Å². The molecule has 1 aliphatic carbocycles. The maximum absolute atomic E-state index is 12.3. The highest BCUT2D eigenvalue weighted by Gasteiger charge is 2.22. The van der Waals surface area contributed by atoms with Gasteiger partial charge < -0.3 is 15.4 Å². The van der Waals surface area contributed by atoms with Crippen LogP contribution in [0.15, 0.2) is 48.5 Å². The Morgan fingerprint density at radius 3 is 2.55 bits per heavy atom. The van der Waals surface area contributed by atoms with Crippen LogP contribution < -0.4 is 15.4 Å². The second-order valence-corrected chi connectivity index (χ2v) is 8.40. The summed E-state index contributed by atoms with van der Waals surface area (Å²) in [5.74, 6) is -0.366. The number of aryl methyl sites for hydroxylation is 1. The Morgan fingerprint density at radius 2 is 1.79 bits per heavy atom. The fourth-order valence-electron chi connectivity index (χ4n) is 3.48. The lowest BCUT2D eigenvalue weighted by molar-refractivity contribution is -0.119. The van der Waals surface area contributed by atoms with Crippen molar-refractivity contribution < 1.29 is 18.5 Å². The fraction of sp³-hybridized carbons (Fsp3) is 0.364. The molecule has 0 spiro atoms. The largest absolute Gasteiger partial charge is 0.494 e. The zero-order chi connectivity index (χ0) is 20.6. The van der Waals surface area contributed by atoms with E-state index in [0.717, 1.165) is 30.6 Å². The zero-order valence-electron chi connectivity index (χ0n) is 16.5. The van der Waals surface area contributed by atoms with Crippen molar-refractivity contribution in [3.63, 3.8) is 0 Å². The van der Waals surface area contributed by atoms with E-state index in [-0.39, 0.29) is 29.4 Å². The van der Waals surface area contributed by atoms with E-state index in [2.05, 4.69) is 16.7 Å². The first-order chi connectivity index (χ1) is 14.0. The highest BCUT2D eigenvalue weighted by atomic mass is 32.2. The van der Waals surface area contributed by atoms with Crippen molar-refractivity contribution in [2.24, 2.45) is 0 Å². The second kappa shape index (κ2) is 10.2. The van der Waals surface area contributed by atoms with Gasteiger partial charge >= 0.3 is 0 Å². The number of hydrogen-bond donors (Lipinski definition) is 2. The van der Waals surface area contributed by atoms with E-state index in [1.54, 1.807) is 24.3 Å². The maximum Gasteiger partial charge on any atom is 0.237 e. The molecule has 0 unspecified atom stereocenters. The summed E-state index contributed by atoms with van der Waals surface area (Å²) in [6.07, 6.45) is 2.89. The van der Waals surface area contributed by atoms with Gasteiger partial charge in [-0.05, 0) is 61.6 Å². The van der Waals surface area contributed by atoms with E-state index in [9.17, 15) is 13.8 Å². The molecule has 2 N–H and O–H groups in total. The summed E-state index contributed by atoms with van der Waals surface area (Å²) in [5.41, 5.74) is 2.98. The number of benzene rings is 2. The molecule has 2 amide bonds. The van der Waals surface area contributed by atoms with Crippen molar-refractivity contribution >= 4 is 28.3 Å². The van der Waals surface area contributed by atoms with Crippen LogP contribution in [0.2, 0.25) is 0 Å². The van der Waals surface area contributed by atoms with Gasteiger partial charge in [-0.3, -0.25) is 13.8 Å². The van der Waals surface area contributed by atoms with Crippen molar-refractivity contribution in [3.05, 3.63) is 59.7 Å². The Kier molecular flexibility index (Phi) is 7.41. The van der Waals surface area contributed by atoms with Gasteiger partial charge in [0.1, 0.15) is 17.3 Å². The highest BCUT2D eigenvalue weighted by molar-refractivity contribution is 7.86. The number of rotatable bonds is 8. The SMILES string of the molecule is CCOc1ccc(NC(=O)C[S@](=O)CC(=O)N[C@H]2CCCc3ccccc32)cc1. The minimum Gasteiger partial charge on any atom is -0.494 e. The summed E-state index contributed by atoms with van der Waals surface area (Å²) in [6.45, 7) is 2.47. The molecule has 0 heterocycles. The van der Waals surface area contributed by atoms with Crippen LogP contribution in [0.25, 0.3) is 0 Å². The van der Waals surface area contributed by atoms with Gasteiger partial charge in [-0.25, -0.2) is 0 Å². The number of nitrogens with one attached hydrogen (secondary N) is 2. The summed E-state index contributed by atoms with van der Waals surface area (Å²) < 4.78 is 17.6. The lowest BCUT2D eigenvalue weighted by atomic mass is 9.88. The third kappa shape index (κ3) is 6.15. The van der Waals surface area contributed by atoms with Crippen molar-refractivity contribution in [2.75, 3.05) is 23.4 Å². The van der Waals surface area contributed by atoms with Crippen LogP contribution in [0.5, 0.6) is 5.75 Å². The van der Waals surface area contributed by atoms with E-state index in [1.807, 2.05) is 25.1 Å². The minimum absolute atomic E-state index is 0.0536. The first kappa shape index (κ1) is 21.0. The van der Waals surface area contributed by atoms with Crippen molar-refractivity contribution in [1.29, 1.82) is 0 Å². The van der Waals surface area contributed by atoms with Gasteiger partial charge in [0.25, 0.3) is 0 Å². The molecule has 0 aliphatic heterocycles. The van der Waals surface area contributed by atoms with Crippen LogP contribution in [0.1, 0.15) is 36.9 Å². The normalized spacial score (nSPS) is 16.4.